The van der Waals surface area contributed by atoms with Crippen LogP contribution < -0.4 is 4.74 Å². The van der Waals surface area contributed by atoms with Crippen LogP contribution in [-0.2, 0) is 4.74 Å². The molecule has 0 spiro atoms. The quantitative estimate of drug-likeness (QED) is 0.770. The molecule has 18 heavy (non-hydrogen) atoms. The van der Waals surface area contributed by atoms with Gasteiger partial charge < -0.3 is 9.47 Å². The molecular formula is C15H20O3. The lowest BCUT2D eigenvalue weighted by atomic mass is 10.0. The van der Waals surface area contributed by atoms with Gasteiger partial charge in [-0.3, -0.25) is 4.79 Å². The summed E-state index contributed by atoms with van der Waals surface area (Å²) in [5.41, 5.74) is 0.657. The zero-order valence-corrected chi connectivity index (χ0v) is 11.2. The van der Waals surface area contributed by atoms with E-state index in [-0.39, 0.29) is 24.1 Å². The molecule has 1 fully saturated rings. The third kappa shape index (κ3) is 3.10. The van der Waals surface area contributed by atoms with Gasteiger partial charge in [0.05, 0.1) is 17.8 Å². The van der Waals surface area contributed by atoms with E-state index in [4.69, 9.17) is 9.47 Å². The maximum absolute atomic E-state index is 11.5. The highest BCUT2D eigenvalue weighted by Crippen LogP contribution is 2.26. The summed E-state index contributed by atoms with van der Waals surface area (Å²) in [6.45, 7) is 5.68. The van der Waals surface area contributed by atoms with Crippen molar-refractivity contribution in [2.45, 2.75) is 51.9 Å². The first-order chi connectivity index (χ1) is 8.56. The fourth-order valence-electron chi connectivity index (χ4n) is 2.48. The Hall–Kier alpha value is -1.35. The van der Waals surface area contributed by atoms with Crippen LogP contribution in [0.4, 0.5) is 0 Å². The second-order valence-electron chi connectivity index (χ2n) is 5.02. The number of hydrogen-bond acceptors (Lipinski definition) is 3. The van der Waals surface area contributed by atoms with E-state index in [9.17, 15) is 4.79 Å². The van der Waals surface area contributed by atoms with Gasteiger partial charge in [0.25, 0.3) is 0 Å². The van der Waals surface area contributed by atoms with Crippen LogP contribution in [0.25, 0.3) is 0 Å². The molecule has 1 aliphatic heterocycles. The molecule has 1 saturated heterocycles. The average molecular weight is 248 g/mol. The molecule has 2 rings (SSSR count). The zero-order chi connectivity index (χ0) is 13.1. The largest absolute Gasteiger partial charge is 0.489 e. The second-order valence-corrected chi connectivity index (χ2v) is 5.02. The first kappa shape index (κ1) is 13.1. The van der Waals surface area contributed by atoms with Gasteiger partial charge in [0.15, 0.2) is 5.78 Å². The predicted molar refractivity (Wildman–Crippen MR) is 70.1 cm³/mol. The molecule has 0 bridgehead atoms. The third-order valence-electron chi connectivity index (χ3n) is 3.21. The van der Waals surface area contributed by atoms with Gasteiger partial charge in [-0.05, 0) is 32.9 Å². The summed E-state index contributed by atoms with van der Waals surface area (Å²) < 4.78 is 11.7. The Balaban J connectivity index is 2.11. The Labute approximate surface area is 108 Å². The van der Waals surface area contributed by atoms with Crippen LogP contribution in [0.2, 0.25) is 0 Å². The van der Waals surface area contributed by atoms with Crippen molar-refractivity contribution >= 4 is 5.78 Å². The normalized spacial score (nSPS) is 27.8. The van der Waals surface area contributed by atoms with Crippen LogP contribution >= 0.6 is 0 Å². The van der Waals surface area contributed by atoms with Gasteiger partial charge >= 0.3 is 0 Å². The topological polar surface area (TPSA) is 35.5 Å². The molecule has 0 aliphatic carbocycles. The molecule has 0 saturated carbocycles. The number of para-hydroxylation sites is 1. The summed E-state index contributed by atoms with van der Waals surface area (Å²) in [7, 11) is 0. The van der Waals surface area contributed by atoms with Gasteiger partial charge in [0, 0.05) is 12.8 Å². The van der Waals surface area contributed by atoms with Crippen molar-refractivity contribution < 1.29 is 14.3 Å². The minimum Gasteiger partial charge on any atom is -0.489 e. The molecule has 2 atom stereocenters. The van der Waals surface area contributed by atoms with Crippen molar-refractivity contribution in [3.63, 3.8) is 0 Å². The summed E-state index contributed by atoms with van der Waals surface area (Å²) in [4.78, 5) is 11.5. The Morgan fingerprint density at radius 2 is 1.83 bits per heavy atom. The summed E-state index contributed by atoms with van der Waals surface area (Å²) in [5.74, 6) is 0.732. The highest BCUT2D eigenvalue weighted by Gasteiger charge is 2.26. The van der Waals surface area contributed by atoms with E-state index in [2.05, 4.69) is 13.8 Å². The molecule has 0 aromatic heterocycles. The monoisotopic (exact) mass is 248 g/mol. The smallest absolute Gasteiger partial charge is 0.163 e. The standard InChI is InChI=1S/C15H20O3/c1-10-8-13(9-11(2)17-10)18-15-7-5-4-6-14(15)12(3)16/h4-7,10-11,13H,8-9H2,1-3H3. The van der Waals surface area contributed by atoms with Crippen molar-refractivity contribution in [3.05, 3.63) is 29.8 Å². The number of ether oxygens (including phenoxy) is 2. The number of hydrogen-bond donors (Lipinski definition) is 0. The fraction of sp³-hybridized carbons (Fsp3) is 0.533. The van der Waals surface area contributed by atoms with Crippen molar-refractivity contribution in [1.82, 2.24) is 0 Å². The Morgan fingerprint density at radius 1 is 1.22 bits per heavy atom. The van der Waals surface area contributed by atoms with Gasteiger partial charge in [0.1, 0.15) is 11.9 Å². The first-order valence-corrected chi connectivity index (χ1v) is 6.48. The molecule has 1 heterocycles. The van der Waals surface area contributed by atoms with Gasteiger partial charge in [-0.1, -0.05) is 12.1 Å². The minimum atomic E-state index is 0.0405. The van der Waals surface area contributed by atoms with Gasteiger partial charge in [0.2, 0.25) is 0 Å². The van der Waals surface area contributed by atoms with Crippen LogP contribution in [0.3, 0.4) is 0 Å². The van der Waals surface area contributed by atoms with E-state index in [0.717, 1.165) is 12.8 Å². The number of Topliss-reactive ketones (excluding diaryl/α,β-unsaturated/α-hetero) is 1. The highest BCUT2D eigenvalue weighted by atomic mass is 16.5. The number of carbonyl (C=O) groups excluding carboxylic acids is 1. The van der Waals surface area contributed by atoms with Crippen molar-refractivity contribution in [2.75, 3.05) is 0 Å². The van der Waals surface area contributed by atoms with Crippen LogP contribution in [0.1, 0.15) is 44.0 Å². The molecule has 0 N–H and O–H groups in total. The average Bonchev–Trinajstić information content (AvgIpc) is 2.27. The third-order valence-corrected chi connectivity index (χ3v) is 3.21. The minimum absolute atomic E-state index is 0.0405. The molecule has 3 heteroatoms. The van der Waals surface area contributed by atoms with E-state index in [0.29, 0.717) is 11.3 Å². The van der Waals surface area contributed by atoms with Crippen molar-refractivity contribution in [3.8, 4) is 5.75 Å². The summed E-state index contributed by atoms with van der Waals surface area (Å²) in [5, 5.41) is 0. The lowest BCUT2D eigenvalue weighted by Crippen LogP contribution is -2.35. The molecule has 1 aliphatic rings. The van der Waals surface area contributed by atoms with E-state index in [1.165, 1.54) is 0 Å². The molecule has 1 aromatic rings. The number of benzene rings is 1. The van der Waals surface area contributed by atoms with Gasteiger partial charge in [-0.2, -0.15) is 0 Å². The van der Waals surface area contributed by atoms with Crippen LogP contribution in [0, 0.1) is 0 Å². The van der Waals surface area contributed by atoms with Crippen LogP contribution in [0.15, 0.2) is 24.3 Å². The Morgan fingerprint density at radius 3 is 2.44 bits per heavy atom. The summed E-state index contributed by atoms with van der Waals surface area (Å²) >= 11 is 0. The molecule has 0 amide bonds. The summed E-state index contributed by atoms with van der Waals surface area (Å²) in [6.07, 6.45) is 2.29. The number of carbonyl (C=O) groups is 1. The van der Waals surface area contributed by atoms with Crippen LogP contribution in [-0.4, -0.2) is 24.1 Å². The molecule has 1 aromatic carbocycles. The van der Waals surface area contributed by atoms with Gasteiger partial charge in [-0.25, -0.2) is 0 Å². The van der Waals surface area contributed by atoms with Crippen LogP contribution in [0.5, 0.6) is 5.75 Å². The van der Waals surface area contributed by atoms with E-state index >= 15 is 0 Å². The lowest BCUT2D eigenvalue weighted by Gasteiger charge is -2.32. The second kappa shape index (κ2) is 5.53. The van der Waals surface area contributed by atoms with Gasteiger partial charge in [-0.15, -0.1) is 0 Å². The summed E-state index contributed by atoms with van der Waals surface area (Å²) in [6, 6.07) is 7.43. The van der Waals surface area contributed by atoms with E-state index in [1.54, 1.807) is 6.92 Å². The molecular weight excluding hydrogens is 228 g/mol. The maximum atomic E-state index is 11.5. The molecule has 0 radical (unpaired) electrons. The maximum Gasteiger partial charge on any atom is 0.163 e. The molecule has 98 valence electrons. The number of ketones is 1. The van der Waals surface area contributed by atoms with E-state index in [1.807, 2.05) is 24.3 Å². The predicted octanol–water partition coefficient (Wildman–Crippen LogP) is 3.22. The Bertz CT molecular complexity index is 418. The van der Waals surface area contributed by atoms with Crippen molar-refractivity contribution in [2.24, 2.45) is 0 Å². The fourth-order valence-corrected chi connectivity index (χ4v) is 2.48. The molecule has 2 unspecified atom stereocenters. The Kier molecular flexibility index (Phi) is 4.02. The van der Waals surface area contributed by atoms with E-state index < -0.39 is 0 Å². The lowest BCUT2D eigenvalue weighted by molar-refractivity contribution is -0.0722. The van der Waals surface area contributed by atoms with Crippen molar-refractivity contribution in [1.29, 1.82) is 0 Å². The number of rotatable bonds is 3. The zero-order valence-electron chi connectivity index (χ0n) is 11.2. The SMILES string of the molecule is CC(=O)c1ccccc1OC1CC(C)OC(C)C1. The highest BCUT2D eigenvalue weighted by molar-refractivity contribution is 5.96. The first-order valence-electron chi connectivity index (χ1n) is 6.48. The molecule has 3 nitrogen and oxygen atoms in total.